The fourth-order valence-corrected chi connectivity index (χ4v) is 2.24. The summed E-state index contributed by atoms with van der Waals surface area (Å²) in [6.45, 7) is 1.06. The highest BCUT2D eigenvalue weighted by molar-refractivity contribution is 5.77. The first kappa shape index (κ1) is 8.05. The molecule has 1 saturated heterocycles. The molecule has 0 aromatic carbocycles. The summed E-state index contributed by atoms with van der Waals surface area (Å²) in [5.74, 6) is 0.703. The number of esters is 1. The quantitative estimate of drug-likeness (QED) is 0.582. The molecule has 0 bridgehead atoms. The lowest BCUT2D eigenvalue weighted by Gasteiger charge is -2.01. The lowest BCUT2D eigenvalue weighted by Crippen LogP contribution is -2.21. The second-order valence-corrected chi connectivity index (χ2v) is 3.69. The monoisotopic (exact) mass is 169 g/mol. The third kappa shape index (κ3) is 1.22. The number of carbonyl (C=O) groups excluding carboxylic acids is 1. The van der Waals surface area contributed by atoms with Crippen LogP contribution in [0.15, 0.2) is 0 Å². The van der Waals surface area contributed by atoms with Crippen molar-refractivity contribution < 1.29 is 9.53 Å². The lowest BCUT2D eigenvalue weighted by molar-refractivity contribution is -0.142. The van der Waals surface area contributed by atoms with Gasteiger partial charge in [-0.05, 0) is 25.3 Å². The molecule has 68 valence electrons. The summed E-state index contributed by atoms with van der Waals surface area (Å²) in [5, 5.41) is 3.38. The number of rotatable bonds is 1. The van der Waals surface area contributed by atoms with Crippen LogP contribution >= 0.6 is 0 Å². The van der Waals surface area contributed by atoms with Gasteiger partial charge in [0.1, 0.15) is 0 Å². The highest BCUT2D eigenvalue weighted by Gasteiger charge is 2.55. The van der Waals surface area contributed by atoms with Crippen LogP contribution in [0.1, 0.15) is 19.3 Å². The smallest absolute Gasteiger partial charge is 0.310 e. The number of fused-ring (bicyclic) bond motifs is 1. The van der Waals surface area contributed by atoms with E-state index in [1.54, 1.807) is 0 Å². The van der Waals surface area contributed by atoms with Crippen LogP contribution < -0.4 is 5.32 Å². The van der Waals surface area contributed by atoms with Gasteiger partial charge in [-0.25, -0.2) is 0 Å². The van der Waals surface area contributed by atoms with Crippen LogP contribution in [0.25, 0.3) is 0 Å². The molecule has 1 N–H and O–H groups in total. The number of hydrogen-bond acceptors (Lipinski definition) is 3. The van der Waals surface area contributed by atoms with Gasteiger partial charge in [-0.2, -0.15) is 0 Å². The molecular formula is C9H15NO2. The summed E-state index contributed by atoms with van der Waals surface area (Å²) in [4.78, 5) is 11.2. The van der Waals surface area contributed by atoms with Gasteiger partial charge in [0.2, 0.25) is 0 Å². The molecule has 0 spiro atoms. The number of carbonyl (C=O) groups is 1. The second kappa shape index (κ2) is 3.05. The van der Waals surface area contributed by atoms with Gasteiger partial charge in [0.15, 0.2) is 0 Å². The van der Waals surface area contributed by atoms with Crippen molar-refractivity contribution in [2.45, 2.75) is 25.3 Å². The van der Waals surface area contributed by atoms with E-state index < -0.39 is 0 Å². The Labute approximate surface area is 72.5 Å². The molecule has 0 radical (unpaired) electrons. The molecule has 0 amide bonds. The van der Waals surface area contributed by atoms with E-state index in [1.165, 1.54) is 26.4 Å². The standard InChI is InChI=1S/C9H15NO2/c1-12-9(11)7-6-4-2-3-5-10-8(6)7/h6-8,10H,2-5H2,1H3/t6-,7-,8-/m1/s1. The van der Waals surface area contributed by atoms with Crippen molar-refractivity contribution in [2.75, 3.05) is 13.7 Å². The third-order valence-electron chi connectivity index (χ3n) is 2.99. The highest BCUT2D eigenvalue weighted by Crippen LogP contribution is 2.44. The molecule has 2 rings (SSSR count). The number of methoxy groups -OCH3 is 1. The molecule has 2 fully saturated rings. The normalized spacial score (nSPS) is 39.6. The van der Waals surface area contributed by atoms with Crippen molar-refractivity contribution in [3.8, 4) is 0 Å². The predicted molar refractivity (Wildman–Crippen MR) is 44.6 cm³/mol. The van der Waals surface area contributed by atoms with Gasteiger partial charge in [-0.3, -0.25) is 4.79 Å². The Balaban J connectivity index is 1.93. The summed E-state index contributed by atoms with van der Waals surface area (Å²) in [6, 6.07) is 0.431. The van der Waals surface area contributed by atoms with Gasteiger partial charge in [-0.15, -0.1) is 0 Å². The van der Waals surface area contributed by atoms with Gasteiger partial charge >= 0.3 is 5.97 Å². The van der Waals surface area contributed by atoms with Crippen LogP contribution in [-0.2, 0) is 9.53 Å². The zero-order valence-corrected chi connectivity index (χ0v) is 7.38. The van der Waals surface area contributed by atoms with Gasteiger partial charge in [0, 0.05) is 6.04 Å². The Bertz CT molecular complexity index is 181. The van der Waals surface area contributed by atoms with Crippen LogP contribution in [0.5, 0.6) is 0 Å². The van der Waals surface area contributed by atoms with Crippen molar-refractivity contribution >= 4 is 5.97 Å². The molecule has 3 atom stereocenters. The average Bonchev–Trinajstić information content (AvgIpc) is 2.76. The summed E-state index contributed by atoms with van der Waals surface area (Å²) in [6.07, 6.45) is 3.69. The van der Waals surface area contributed by atoms with Crippen molar-refractivity contribution in [3.05, 3.63) is 0 Å². The molecule has 1 aliphatic carbocycles. The summed E-state index contributed by atoms with van der Waals surface area (Å²) in [5.41, 5.74) is 0. The van der Waals surface area contributed by atoms with Crippen LogP contribution in [0.4, 0.5) is 0 Å². The SMILES string of the molecule is COC(=O)[C@@H]1[C@H]2CCCCN[C@H]21. The first-order valence-electron chi connectivity index (χ1n) is 4.66. The molecule has 1 aliphatic heterocycles. The highest BCUT2D eigenvalue weighted by atomic mass is 16.5. The third-order valence-corrected chi connectivity index (χ3v) is 2.99. The summed E-state index contributed by atoms with van der Waals surface area (Å²) in [7, 11) is 1.47. The minimum atomic E-state index is -0.0283. The van der Waals surface area contributed by atoms with Crippen molar-refractivity contribution in [3.63, 3.8) is 0 Å². The topological polar surface area (TPSA) is 38.3 Å². The van der Waals surface area contributed by atoms with Gasteiger partial charge in [0.05, 0.1) is 13.0 Å². The second-order valence-electron chi connectivity index (χ2n) is 3.69. The molecule has 2 aliphatic rings. The van der Waals surface area contributed by atoms with E-state index in [9.17, 15) is 4.79 Å². The molecule has 3 nitrogen and oxygen atoms in total. The summed E-state index contributed by atoms with van der Waals surface area (Å²) < 4.78 is 4.73. The van der Waals surface area contributed by atoms with Crippen LogP contribution in [0.2, 0.25) is 0 Å². The zero-order valence-electron chi connectivity index (χ0n) is 7.38. The predicted octanol–water partition coefficient (Wildman–Crippen LogP) is 0.547. The van der Waals surface area contributed by atoms with Crippen molar-refractivity contribution in [2.24, 2.45) is 11.8 Å². The maximum Gasteiger partial charge on any atom is 0.310 e. The van der Waals surface area contributed by atoms with E-state index in [1.807, 2.05) is 0 Å². The molecule has 0 unspecified atom stereocenters. The van der Waals surface area contributed by atoms with E-state index >= 15 is 0 Å². The molecule has 1 saturated carbocycles. The molecule has 1 heterocycles. The first-order valence-corrected chi connectivity index (χ1v) is 4.66. The Morgan fingerprint density at radius 3 is 3.08 bits per heavy atom. The van der Waals surface area contributed by atoms with Gasteiger partial charge < -0.3 is 10.1 Å². The van der Waals surface area contributed by atoms with E-state index in [0.717, 1.165) is 6.54 Å². The zero-order chi connectivity index (χ0) is 8.55. The Morgan fingerprint density at radius 2 is 2.33 bits per heavy atom. The fraction of sp³-hybridized carbons (Fsp3) is 0.889. The molecule has 12 heavy (non-hydrogen) atoms. The van der Waals surface area contributed by atoms with Crippen LogP contribution in [-0.4, -0.2) is 25.7 Å². The fourth-order valence-electron chi connectivity index (χ4n) is 2.24. The van der Waals surface area contributed by atoms with Crippen LogP contribution in [0, 0.1) is 11.8 Å². The van der Waals surface area contributed by atoms with E-state index in [-0.39, 0.29) is 11.9 Å². The van der Waals surface area contributed by atoms with Crippen molar-refractivity contribution in [1.82, 2.24) is 5.32 Å². The first-order chi connectivity index (χ1) is 5.84. The number of hydrogen-bond donors (Lipinski definition) is 1. The molecule has 3 heteroatoms. The minimum Gasteiger partial charge on any atom is -0.469 e. The van der Waals surface area contributed by atoms with E-state index in [4.69, 9.17) is 4.74 Å². The van der Waals surface area contributed by atoms with E-state index in [2.05, 4.69) is 5.32 Å². The average molecular weight is 169 g/mol. The van der Waals surface area contributed by atoms with Crippen LogP contribution in [0.3, 0.4) is 0 Å². The molecule has 0 aromatic rings. The number of ether oxygens (including phenoxy) is 1. The minimum absolute atomic E-state index is 0.0283. The number of nitrogens with one attached hydrogen (secondary N) is 1. The lowest BCUT2D eigenvalue weighted by atomic mass is 10.1. The largest absolute Gasteiger partial charge is 0.469 e. The van der Waals surface area contributed by atoms with Gasteiger partial charge in [-0.1, -0.05) is 6.42 Å². The van der Waals surface area contributed by atoms with Gasteiger partial charge in [0.25, 0.3) is 0 Å². The van der Waals surface area contributed by atoms with E-state index in [0.29, 0.717) is 12.0 Å². The maximum atomic E-state index is 11.2. The van der Waals surface area contributed by atoms with Crippen molar-refractivity contribution in [1.29, 1.82) is 0 Å². The molecule has 0 aromatic heterocycles. The Hall–Kier alpha value is -0.570. The Kier molecular flexibility index (Phi) is 2.05. The summed E-state index contributed by atoms with van der Waals surface area (Å²) >= 11 is 0. The molecular weight excluding hydrogens is 154 g/mol. The Morgan fingerprint density at radius 1 is 1.50 bits per heavy atom. The maximum absolute atomic E-state index is 11.2.